The third-order valence-corrected chi connectivity index (χ3v) is 8.01. The number of nitrogens with zero attached hydrogens (tertiary/aromatic N) is 3. The second-order valence-electron chi connectivity index (χ2n) is 11.1. The van der Waals surface area contributed by atoms with Crippen molar-refractivity contribution in [2.45, 2.75) is 0 Å². The molecule has 47 heavy (non-hydrogen) atoms. The van der Waals surface area contributed by atoms with Crippen LogP contribution < -0.4 is 14.7 Å². The van der Waals surface area contributed by atoms with Gasteiger partial charge in [0.05, 0.1) is 0 Å². The molecule has 0 aliphatic rings. The van der Waals surface area contributed by atoms with Crippen molar-refractivity contribution in [2.24, 2.45) is 0 Å². The second-order valence-corrected chi connectivity index (χ2v) is 11.1. The lowest BCUT2D eigenvalue weighted by Gasteiger charge is -2.28. The van der Waals surface area contributed by atoms with Crippen LogP contribution in [0.1, 0.15) is 10.4 Å². The molecule has 0 fully saturated rings. The molecule has 0 atom stereocenters. The molecule has 7 rings (SSSR count). The predicted molar refractivity (Wildman–Crippen MR) is 195 cm³/mol. The molecule has 7 aromatic rings. The van der Waals surface area contributed by atoms with Gasteiger partial charge in [0.1, 0.15) is 0 Å². The first-order valence-electron chi connectivity index (χ1n) is 15.7. The Morgan fingerprint density at radius 1 is 0.277 bits per heavy atom. The SMILES string of the molecule is O=C(c1ccccc1)N(c1ccc(N(c2ccccc2)c2ccccc2)cc1)c1ccc(N(c2ccccc2)c2ccccc2)cc1. The van der Waals surface area contributed by atoms with Gasteiger partial charge in [-0.15, -0.1) is 0 Å². The number of amides is 1. The van der Waals surface area contributed by atoms with Gasteiger partial charge in [-0.2, -0.15) is 0 Å². The van der Waals surface area contributed by atoms with Crippen LogP contribution in [-0.4, -0.2) is 5.91 Å². The average Bonchev–Trinajstić information content (AvgIpc) is 3.15. The Hall–Kier alpha value is -6.39. The van der Waals surface area contributed by atoms with Crippen LogP contribution in [0.25, 0.3) is 0 Å². The molecule has 4 nitrogen and oxygen atoms in total. The van der Waals surface area contributed by atoms with Crippen LogP contribution in [0.3, 0.4) is 0 Å². The average molecular weight is 608 g/mol. The highest BCUT2D eigenvalue weighted by atomic mass is 16.2. The lowest BCUT2D eigenvalue weighted by Crippen LogP contribution is -2.26. The molecule has 0 aliphatic heterocycles. The Morgan fingerprint density at radius 2 is 0.511 bits per heavy atom. The number of hydrogen-bond donors (Lipinski definition) is 0. The molecule has 0 unspecified atom stereocenters. The molecule has 0 N–H and O–H groups in total. The Balaban J connectivity index is 1.28. The molecule has 1 amide bonds. The van der Waals surface area contributed by atoms with Crippen molar-refractivity contribution in [3.63, 3.8) is 0 Å². The van der Waals surface area contributed by atoms with Crippen LogP contribution in [-0.2, 0) is 0 Å². The third-order valence-electron chi connectivity index (χ3n) is 8.01. The summed E-state index contributed by atoms with van der Waals surface area (Å²) in [6.07, 6.45) is 0. The largest absolute Gasteiger partial charge is 0.311 e. The first-order chi connectivity index (χ1) is 23.3. The van der Waals surface area contributed by atoms with Crippen molar-refractivity contribution in [2.75, 3.05) is 14.7 Å². The normalized spacial score (nSPS) is 10.6. The van der Waals surface area contributed by atoms with Gasteiger partial charge < -0.3 is 9.80 Å². The molecule has 0 radical (unpaired) electrons. The van der Waals surface area contributed by atoms with E-state index in [0.29, 0.717) is 5.56 Å². The van der Waals surface area contributed by atoms with E-state index in [1.165, 1.54) is 0 Å². The summed E-state index contributed by atoms with van der Waals surface area (Å²) in [6, 6.07) is 67.0. The number of rotatable bonds is 9. The van der Waals surface area contributed by atoms with Crippen LogP contribution in [0, 0.1) is 0 Å². The lowest BCUT2D eigenvalue weighted by atomic mass is 10.1. The summed E-state index contributed by atoms with van der Waals surface area (Å²) in [5.41, 5.74) is 8.39. The molecule has 7 aromatic carbocycles. The third kappa shape index (κ3) is 6.39. The number of carbonyl (C=O) groups excluding carboxylic acids is 1. The summed E-state index contributed by atoms with van der Waals surface area (Å²) in [5.74, 6) is -0.1000. The Bertz CT molecular complexity index is 1810. The molecule has 0 bridgehead atoms. The molecule has 0 spiro atoms. The minimum atomic E-state index is -0.1000. The van der Waals surface area contributed by atoms with Gasteiger partial charge in [-0.1, -0.05) is 91.0 Å². The number of carbonyl (C=O) groups is 1. The Kier molecular flexibility index (Phi) is 8.56. The lowest BCUT2D eigenvalue weighted by molar-refractivity contribution is 0.0999. The van der Waals surface area contributed by atoms with Crippen molar-refractivity contribution in [1.29, 1.82) is 0 Å². The van der Waals surface area contributed by atoms with E-state index in [-0.39, 0.29) is 5.91 Å². The van der Waals surface area contributed by atoms with Gasteiger partial charge in [-0.3, -0.25) is 9.69 Å². The summed E-state index contributed by atoms with van der Waals surface area (Å²) in [5, 5.41) is 0. The summed E-state index contributed by atoms with van der Waals surface area (Å²) in [6.45, 7) is 0. The number of para-hydroxylation sites is 4. The van der Waals surface area contributed by atoms with Crippen LogP contribution in [0.5, 0.6) is 0 Å². The van der Waals surface area contributed by atoms with E-state index in [1.807, 2.05) is 127 Å². The Labute approximate surface area is 276 Å². The zero-order chi connectivity index (χ0) is 31.8. The molecule has 0 saturated heterocycles. The topological polar surface area (TPSA) is 26.8 Å². The maximum absolute atomic E-state index is 14.2. The van der Waals surface area contributed by atoms with Gasteiger partial charge in [0.25, 0.3) is 5.91 Å². The standard InChI is InChI=1S/C43H33N3O/c47-43(34-16-6-1-7-17-34)46(41-30-26-39(27-31-41)44(35-18-8-2-9-19-35)36-20-10-3-11-21-36)42-32-28-40(29-33-42)45(37-22-12-4-13-23-37)38-24-14-5-15-25-38/h1-33H. The van der Waals surface area contributed by atoms with Gasteiger partial charge in [0.2, 0.25) is 0 Å². The smallest absolute Gasteiger partial charge is 0.262 e. The molecule has 226 valence electrons. The highest BCUT2D eigenvalue weighted by Gasteiger charge is 2.22. The minimum Gasteiger partial charge on any atom is -0.311 e. The predicted octanol–water partition coefficient (Wildman–Crippen LogP) is 11.6. The van der Waals surface area contributed by atoms with E-state index < -0.39 is 0 Å². The zero-order valence-corrected chi connectivity index (χ0v) is 25.8. The fraction of sp³-hybridized carbons (Fsp3) is 0. The second kappa shape index (κ2) is 13.7. The van der Waals surface area contributed by atoms with E-state index in [2.05, 4.69) is 82.6 Å². The highest BCUT2D eigenvalue weighted by molar-refractivity contribution is 6.11. The number of hydrogen-bond acceptors (Lipinski definition) is 3. The maximum Gasteiger partial charge on any atom is 0.262 e. The minimum absolute atomic E-state index is 0.1000. The summed E-state index contributed by atoms with van der Waals surface area (Å²) >= 11 is 0. The van der Waals surface area contributed by atoms with Gasteiger partial charge >= 0.3 is 0 Å². The number of benzene rings is 7. The zero-order valence-electron chi connectivity index (χ0n) is 25.8. The molecule has 0 aliphatic carbocycles. The Morgan fingerprint density at radius 3 is 0.809 bits per heavy atom. The van der Waals surface area contributed by atoms with E-state index in [0.717, 1.165) is 45.5 Å². The summed E-state index contributed by atoms with van der Waals surface area (Å²) < 4.78 is 0. The van der Waals surface area contributed by atoms with Crippen LogP contribution in [0.2, 0.25) is 0 Å². The van der Waals surface area contributed by atoms with E-state index >= 15 is 0 Å². The van der Waals surface area contributed by atoms with E-state index in [4.69, 9.17) is 0 Å². The monoisotopic (exact) mass is 607 g/mol. The van der Waals surface area contributed by atoms with Gasteiger partial charge in [-0.25, -0.2) is 0 Å². The van der Waals surface area contributed by atoms with Crippen molar-refractivity contribution >= 4 is 51.4 Å². The maximum atomic E-state index is 14.2. The van der Waals surface area contributed by atoms with Crippen molar-refractivity contribution < 1.29 is 4.79 Å². The molecular formula is C43H33N3O. The quantitative estimate of drug-likeness (QED) is 0.163. The number of anilines is 8. The fourth-order valence-electron chi connectivity index (χ4n) is 5.80. The van der Waals surface area contributed by atoms with Gasteiger partial charge in [-0.05, 0) is 109 Å². The highest BCUT2D eigenvalue weighted by Crippen LogP contribution is 2.39. The van der Waals surface area contributed by atoms with E-state index in [9.17, 15) is 4.79 Å². The molecule has 0 saturated carbocycles. The summed E-state index contributed by atoms with van der Waals surface area (Å²) in [4.78, 5) is 20.4. The molecule has 0 heterocycles. The van der Waals surface area contributed by atoms with Crippen molar-refractivity contribution in [3.8, 4) is 0 Å². The molecule has 4 heteroatoms. The van der Waals surface area contributed by atoms with Crippen molar-refractivity contribution in [3.05, 3.63) is 206 Å². The van der Waals surface area contributed by atoms with E-state index in [1.54, 1.807) is 4.90 Å². The van der Waals surface area contributed by atoms with Gasteiger partial charge in [0.15, 0.2) is 0 Å². The van der Waals surface area contributed by atoms with Gasteiger partial charge in [0, 0.05) is 51.1 Å². The molecular weight excluding hydrogens is 574 g/mol. The fourth-order valence-corrected chi connectivity index (χ4v) is 5.80. The summed E-state index contributed by atoms with van der Waals surface area (Å²) in [7, 11) is 0. The first kappa shape index (κ1) is 29.3. The first-order valence-corrected chi connectivity index (χ1v) is 15.7. The molecule has 0 aromatic heterocycles. The van der Waals surface area contributed by atoms with Crippen LogP contribution in [0.4, 0.5) is 45.5 Å². The van der Waals surface area contributed by atoms with Crippen LogP contribution in [0.15, 0.2) is 200 Å². The van der Waals surface area contributed by atoms with Crippen LogP contribution >= 0.6 is 0 Å². The van der Waals surface area contributed by atoms with Crippen molar-refractivity contribution in [1.82, 2.24) is 0 Å².